The smallest absolute Gasteiger partial charge is 0.407 e. The number of hydrogen-bond acceptors (Lipinski definition) is 6. The van der Waals surface area contributed by atoms with Crippen LogP contribution in [0.2, 0.25) is 0 Å². The van der Waals surface area contributed by atoms with Crippen molar-refractivity contribution in [2.24, 2.45) is 0 Å². The van der Waals surface area contributed by atoms with Crippen LogP contribution in [-0.2, 0) is 11.3 Å². The molecule has 0 fully saturated rings. The fraction of sp³-hybridized carbons (Fsp3) is 0.222. The van der Waals surface area contributed by atoms with Gasteiger partial charge in [0.2, 0.25) is 0 Å². The molecule has 6 N–H and O–H groups in total. The normalized spacial score (nSPS) is 12.8. The van der Waals surface area contributed by atoms with Crippen molar-refractivity contribution in [2.75, 3.05) is 12.3 Å². The highest BCUT2D eigenvalue weighted by atomic mass is 16.5. The highest BCUT2D eigenvalue weighted by molar-refractivity contribution is 5.90. The van der Waals surface area contributed by atoms with Crippen LogP contribution >= 0.6 is 0 Å². The zero-order valence-corrected chi connectivity index (χ0v) is 13.8. The molecule has 0 radical (unpaired) electrons. The zero-order valence-electron chi connectivity index (χ0n) is 13.8. The molecule has 1 amide bonds. The first kappa shape index (κ1) is 19.2. The van der Waals surface area contributed by atoms with Crippen LogP contribution in [0.3, 0.4) is 0 Å². The Hall–Kier alpha value is -3.10. The molecule has 0 aliphatic carbocycles. The molecule has 0 aliphatic heterocycles. The average Bonchev–Trinajstić information content (AvgIpc) is 2.64. The second kappa shape index (κ2) is 8.84. The molecule has 2 rings (SSSR count). The minimum atomic E-state index is -1.52. The molecule has 2 unspecified atom stereocenters. The molecular formula is C18H20N2O6. The maximum absolute atomic E-state index is 11.7. The summed E-state index contributed by atoms with van der Waals surface area (Å²) in [5, 5.41) is 31.7. The Bertz CT molecular complexity index is 766. The van der Waals surface area contributed by atoms with Gasteiger partial charge in [0, 0.05) is 12.2 Å². The highest BCUT2D eigenvalue weighted by Crippen LogP contribution is 2.23. The lowest BCUT2D eigenvalue weighted by molar-refractivity contribution is 0.0174. The van der Waals surface area contributed by atoms with Gasteiger partial charge in [0.1, 0.15) is 18.8 Å². The number of carbonyl (C=O) groups excluding carboxylic acids is 1. The summed E-state index contributed by atoms with van der Waals surface area (Å²) in [5.41, 5.74) is 6.34. The Morgan fingerprint density at radius 3 is 2.46 bits per heavy atom. The Morgan fingerprint density at radius 1 is 1.12 bits per heavy atom. The largest absolute Gasteiger partial charge is 0.478 e. The van der Waals surface area contributed by atoms with Crippen LogP contribution < -0.4 is 11.1 Å². The molecule has 0 aliphatic rings. The third-order valence-corrected chi connectivity index (χ3v) is 3.66. The number of alkyl carbamates (subject to hydrolysis) is 1. The molecule has 8 heteroatoms. The summed E-state index contributed by atoms with van der Waals surface area (Å²) in [5.74, 6) is -1.28. The number of aromatic carboxylic acids is 1. The lowest BCUT2D eigenvalue weighted by atomic mass is 9.98. The molecule has 0 heterocycles. The van der Waals surface area contributed by atoms with Crippen molar-refractivity contribution in [1.29, 1.82) is 0 Å². The van der Waals surface area contributed by atoms with Crippen LogP contribution in [0.15, 0.2) is 48.5 Å². The van der Waals surface area contributed by atoms with Gasteiger partial charge in [-0.15, -0.1) is 0 Å². The van der Waals surface area contributed by atoms with Gasteiger partial charge < -0.3 is 31.1 Å². The third-order valence-electron chi connectivity index (χ3n) is 3.66. The number of aliphatic hydroxyl groups is 2. The molecule has 0 aromatic heterocycles. The predicted molar refractivity (Wildman–Crippen MR) is 93.4 cm³/mol. The van der Waals surface area contributed by atoms with Crippen molar-refractivity contribution in [3.63, 3.8) is 0 Å². The first-order valence-corrected chi connectivity index (χ1v) is 7.82. The van der Waals surface area contributed by atoms with Crippen molar-refractivity contribution in [3.8, 4) is 0 Å². The summed E-state index contributed by atoms with van der Waals surface area (Å²) in [7, 11) is 0. The number of carbonyl (C=O) groups is 2. The van der Waals surface area contributed by atoms with Gasteiger partial charge in [-0.25, -0.2) is 9.59 Å². The van der Waals surface area contributed by atoms with E-state index < -0.39 is 24.3 Å². The molecule has 2 aromatic rings. The number of carboxylic acid groups (broad SMARTS) is 1. The first-order chi connectivity index (χ1) is 12.4. The van der Waals surface area contributed by atoms with Crippen LogP contribution in [0, 0.1) is 0 Å². The number of rotatable bonds is 7. The molecule has 2 atom stereocenters. The van der Waals surface area contributed by atoms with Crippen molar-refractivity contribution >= 4 is 17.7 Å². The van der Waals surface area contributed by atoms with Gasteiger partial charge in [-0.3, -0.25) is 0 Å². The number of nitrogens with one attached hydrogen (secondary N) is 1. The minimum absolute atomic E-state index is 0.00125. The van der Waals surface area contributed by atoms with E-state index in [1.807, 2.05) is 18.2 Å². The quantitative estimate of drug-likeness (QED) is 0.468. The lowest BCUT2D eigenvalue weighted by Gasteiger charge is -2.20. The highest BCUT2D eigenvalue weighted by Gasteiger charge is 2.24. The molecule has 0 saturated heterocycles. The zero-order chi connectivity index (χ0) is 19.1. The van der Waals surface area contributed by atoms with Crippen molar-refractivity contribution in [3.05, 3.63) is 65.2 Å². The summed E-state index contributed by atoms with van der Waals surface area (Å²) >= 11 is 0. The molecule has 0 spiro atoms. The van der Waals surface area contributed by atoms with Crippen LogP contribution in [-0.4, -0.2) is 40.0 Å². The SMILES string of the molecule is Nc1ccc(C(O)C(O)CNC(=O)OCc2ccccc2)c(C(=O)O)c1. The summed E-state index contributed by atoms with van der Waals surface area (Å²) in [6.07, 6.45) is -3.71. The summed E-state index contributed by atoms with van der Waals surface area (Å²) in [4.78, 5) is 22.9. The van der Waals surface area contributed by atoms with Gasteiger partial charge in [-0.2, -0.15) is 0 Å². The molecule has 2 aromatic carbocycles. The number of carboxylic acids is 1. The fourth-order valence-electron chi connectivity index (χ4n) is 2.30. The topological polar surface area (TPSA) is 142 Å². The Morgan fingerprint density at radius 2 is 1.81 bits per heavy atom. The monoisotopic (exact) mass is 360 g/mol. The summed E-state index contributed by atoms with van der Waals surface area (Å²) < 4.78 is 4.99. The van der Waals surface area contributed by atoms with Crippen molar-refractivity contribution < 1.29 is 29.6 Å². The number of benzene rings is 2. The Balaban J connectivity index is 1.90. The van der Waals surface area contributed by atoms with E-state index in [4.69, 9.17) is 10.5 Å². The van der Waals surface area contributed by atoms with Crippen LogP contribution in [0.25, 0.3) is 0 Å². The van der Waals surface area contributed by atoms with E-state index in [1.54, 1.807) is 12.1 Å². The van der Waals surface area contributed by atoms with E-state index in [2.05, 4.69) is 5.32 Å². The number of amides is 1. The second-order valence-corrected chi connectivity index (χ2v) is 5.61. The number of anilines is 1. The lowest BCUT2D eigenvalue weighted by Crippen LogP contribution is -2.36. The molecule has 0 saturated carbocycles. The molecular weight excluding hydrogens is 340 g/mol. The van der Waals surface area contributed by atoms with E-state index in [1.165, 1.54) is 18.2 Å². The maximum Gasteiger partial charge on any atom is 0.407 e. The molecule has 8 nitrogen and oxygen atoms in total. The van der Waals surface area contributed by atoms with Gasteiger partial charge >= 0.3 is 12.1 Å². The van der Waals surface area contributed by atoms with Gasteiger partial charge in [0.05, 0.1) is 5.56 Å². The van der Waals surface area contributed by atoms with E-state index in [9.17, 15) is 24.9 Å². The number of aliphatic hydroxyl groups excluding tert-OH is 2. The molecule has 138 valence electrons. The van der Waals surface area contributed by atoms with Crippen LogP contribution in [0.5, 0.6) is 0 Å². The summed E-state index contributed by atoms with van der Waals surface area (Å²) in [6, 6.07) is 13.0. The number of hydrogen-bond donors (Lipinski definition) is 5. The summed E-state index contributed by atoms with van der Waals surface area (Å²) in [6.45, 7) is -0.259. The Kier molecular flexibility index (Phi) is 6.54. The minimum Gasteiger partial charge on any atom is -0.478 e. The van der Waals surface area contributed by atoms with E-state index in [-0.39, 0.29) is 30.0 Å². The second-order valence-electron chi connectivity index (χ2n) is 5.61. The van der Waals surface area contributed by atoms with Gasteiger partial charge in [0.15, 0.2) is 0 Å². The number of ether oxygens (including phenoxy) is 1. The number of nitrogens with two attached hydrogens (primary N) is 1. The van der Waals surface area contributed by atoms with Crippen LogP contribution in [0.4, 0.5) is 10.5 Å². The van der Waals surface area contributed by atoms with E-state index >= 15 is 0 Å². The molecule has 0 bridgehead atoms. The number of nitrogen functional groups attached to an aromatic ring is 1. The molecule has 26 heavy (non-hydrogen) atoms. The first-order valence-electron chi connectivity index (χ1n) is 7.82. The predicted octanol–water partition coefficient (Wildman–Crippen LogP) is 1.29. The van der Waals surface area contributed by atoms with Crippen molar-refractivity contribution in [1.82, 2.24) is 5.32 Å². The van der Waals surface area contributed by atoms with E-state index in [0.717, 1.165) is 5.56 Å². The maximum atomic E-state index is 11.7. The van der Waals surface area contributed by atoms with E-state index in [0.29, 0.717) is 0 Å². The third kappa shape index (κ3) is 5.20. The Labute approximate surface area is 149 Å². The van der Waals surface area contributed by atoms with Gasteiger partial charge in [-0.1, -0.05) is 36.4 Å². The standard InChI is InChI=1S/C18H20N2O6/c19-12-6-7-13(14(8-12)17(23)24)16(22)15(21)9-20-18(25)26-10-11-4-2-1-3-5-11/h1-8,15-16,21-22H,9-10,19H2,(H,20,25)(H,23,24). The van der Waals surface area contributed by atoms with Gasteiger partial charge in [0.25, 0.3) is 0 Å². The average molecular weight is 360 g/mol. The fourth-order valence-corrected chi connectivity index (χ4v) is 2.30. The van der Waals surface area contributed by atoms with Gasteiger partial charge in [-0.05, 0) is 23.3 Å². The van der Waals surface area contributed by atoms with Crippen LogP contribution in [0.1, 0.15) is 27.6 Å². The van der Waals surface area contributed by atoms with Crippen molar-refractivity contribution in [2.45, 2.75) is 18.8 Å².